The fraction of sp³-hybridized carbons (Fsp3) is 0.760. The Morgan fingerprint density at radius 2 is 1.65 bits per heavy atom. The smallest absolute Gasteiger partial charge is 0.431 e. The standard InChI is InChI=1S/C25H37N3O8S/c1-13-19-18(14(2)29)22(30)28(19)20(21(13)37-17-11-26(4)24(32)27(5)12-17)23(31)34-15(3)35-25(33)36-16-9-7-6-8-10-16/h13-19,29H,6-12H2,1-5H3/t13-,14-,15?,18-,19-/m1/s1. The van der Waals surface area contributed by atoms with E-state index in [0.29, 0.717) is 18.0 Å². The monoisotopic (exact) mass is 539 g/mol. The van der Waals surface area contributed by atoms with E-state index in [1.807, 2.05) is 6.92 Å². The highest BCUT2D eigenvalue weighted by molar-refractivity contribution is 8.03. The van der Waals surface area contributed by atoms with Crippen LogP contribution in [0.5, 0.6) is 0 Å². The Kier molecular flexibility index (Phi) is 8.27. The molecule has 37 heavy (non-hydrogen) atoms. The maximum Gasteiger partial charge on any atom is 0.511 e. The Balaban J connectivity index is 1.48. The molecule has 3 fully saturated rings. The van der Waals surface area contributed by atoms with Gasteiger partial charge in [-0.15, -0.1) is 11.8 Å². The molecular formula is C25H37N3O8S. The van der Waals surface area contributed by atoms with Gasteiger partial charge in [0.15, 0.2) is 0 Å². The molecule has 0 aromatic heterocycles. The van der Waals surface area contributed by atoms with Crippen LogP contribution in [0.25, 0.3) is 0 Å². The van der Waals surface area contributed by atoms with Gasteiger partial charge in [-0.3, -0.25) is 4.79 Å². The van der Waals surface area contributed by atoms with Crippen molar-refractivity contribution in [2.75, 3.05) is 27.2 Å². The summed E-state index contributed by atoms with van der Waals surface area (Å²) in [4.78, 5) is 56.0. The first kappa shape index (κ1) is 27.6. The number of amides is 3. The molecule has 12 heteroatoms. The number of carbonyl (C=O) groups is 4. The molecular weight excluding hydrogens is 502 g/mol. The third kappa shape index (κ3) is 5.55. The molecule has 1 aliphatic carbocycles. The number of β-lactam (4-membered cyclic amide) rings is 1. The van der Waals surface area contributed by atoms with E-state index in [0.717, 1.165) is 32.1 Å². The van der Waals surface area contributed by atoms with Crippen molar-refractivity contribution >= 4 is 35.8 Å². The molecule has 5 atom stereocenters. The van der Waals surface area contributed by atoms with Gasteiger partial charge in [0.2, 0.25) is 12.2 Å². The number of ether oxygens (including phenoxy) is 3. The largest absolute Gasteiger partial charge is 0.511 e. The Bertz CT molecular complexity index is 952. The zero-order chi connectivity index (χ0) is 27.0. The molecule has 0 radical (unpaired) electrons. The summed E-state index contributed by atoms with van der Waals surface area (Å²) in [5.74, 6) is -1.95. The molecule has 206 valence electrons. The number of esters is 1. The predicted octanol–water partition coefficient (Wildman–Crippen LogP) is 2.53. The van der Waals surface area contributed by atoms with Crippen LogP contribution < -0.4 is 0 Å². The molecule has 0 aromatic carbocycles. The average Bonchev–Trinajstić information content (AvgIpc) is 3.05. The van der Waals surface area contributed by atoms with Crippen molar-refractivity contribution in [1.29, 1.82) is 0 Å². The van der Waals surface area contributed by atoms with Crippen molar-refractivity contribution in [2.24, 2.45) is 11.8 Å². The van der Waals surface area contributed by atoms with Gasteiger partial charge in [-0.25, -0.2) is 14.4 Å². The summed E-state index contributed by atoms with van der Waals surface area (Å²) in [5.41, 5.74) is 0.114. The number of carbonyl (C=O) groups excluding carboxylic acids is 4. The number of hydrogen-bond donors (Lipinski definition) is 1. The number of nitrogens with zero attached hydrogens (tertiary/aromatic N) is 3. The van der Waals surface area contributed by atoms with E-state index in [2.05, 4.69) is 0 Å². The summed E-state index contributed by atoms with van der Waals surface area (Å²) >= 11 is 1.45. The minimum Gasteiger partial charge on any atom is -0.431 e. The van der Waals surface area contributed by atoms with Crippen molar-refractivity contribution in [3.05, 3.63) is 10.6 Å². The van der Waals surface area contributed by atoms with E-state index >= 15 is 0 Å². The molecule has 0 aromatic rings. The first-order valence-corrected chi connectivity index (χ1v) is 13.8. The number of fused-ring (bicyclic) bond motifs is 1. The minimum atomic E-state index is -1.22. The molecule has 1 unspecified atom stereocenters. The summed E-state index contributed by atoms with van der Waals surface area (Å²) < 4.78 is 16.0. The summed E-state index contributed by atoms with van der Waals surface area (Å²) in [6.45, 7) is 5.89. The molecule has 4 rings (SSSR count). The lowest BCUT2D eigenvalue weighted by Crippen LogP contribution is -2.63. The van der Waals surface area contributed by atoms with E-state index < -0.39 is 30.4 Å². The summed E-state index contributed by atoms with van der Waals surface area (Å²) in [6.07, 6.45) is 1.52. The van der Waals surface area contributed by atoms with Gasteiger partial charge in [-0.05, 0) is 32.6 Å². The van der Waals surface area contributed by atoms with Crippen LogP contribution in [-0.2, 0) is 23.8 Å². The highest BCUT2D eigenvalue weighted by Gasteiger charge is 2.60. The van der Waals surface area contributed by atoms with E-state index in [4.69, 9.17) is 14.2 Å². The summed E-state index contributed by atoms with van der Waals surface area (Å²) in [7, 11) is 3.44. The van der Waals surface area contributed by atoms with Crippen molar-refractivity contribution in [3.63, 3.8) is 0 Å². The molecule has 3 amide bonds. The highest BCUT2D eigenvalue weighted by Crippen LogP contribution is 2.51. The highest BCUT2D eigenvalue weighted by atomic mass is 32.2. The molecule has 0 spiro atoms. The van der Waals surface area contributed by atoms with Gasteiger partial charge in [-0.1, -0.05) is 13.3 Å². The third-order valence-electron chi connectivity index (χ3n) is 7.55. The van der Waals surface area contributed by atoms with Gasteiger partial charge in [0, 0.05) is 50.2 Å². The molecule has 2 saturated heterocycles. The van der Waals surface area contributed by atoms with Gasteiger partial charge >= 0.3 is 18.2 Å². The number of aliphatic hydroxyl groups is 1. The van der Waals surface area contributed by atoms with E-state index in [1.165, 1.54) is 23.6 Å². The molecule has 11 nitrogen and oxygen atoms in total. The van der Waals surface area contributed by atoms with Gasteiger partial charge in [0.25, 0.3) is 0 Å². The van der Waals surface area contributed by atoms with Crippen LogP contribution in [0.2, 0.25) is 0 Å². The SMILES string of the molecule is CC(OC(=O)OC1CCCCC1)OC(=O)C1=C(SC2CN(C)C(=O)N(C)C2)[C@H](C)[C@@H]2[C@@H]([C@@H](C)O)C(=O)N12. The van der Waals surface area contributed by atoms with E-state index in [-0.39, 0.29) is 40.9 Å². The second kappa shape index (κ2) is 11.1. The topological polar surface area (TPSA) is 126 Å². The van der Waals surface area contributed by atoms with E-state index in [1.54, 1.807) is 30.8 Å². The summed E-state index contributed by atoms with van der Waals surface area (Å²) in [6, 6.07) is -0.449. The predicted molar refractivity (Wildman–Crippen MR) is 134 cm³/mol. The fourth-order valence-corrected chi connectivity index (χ4v) is 7.36. The average molecular weight is 540 g/mol. The molecule has 1 N–H and O–H groups in total. The zero-order valence-corrected chi connectivity index (χ0v) is 22.9. The Morgan fingerprint density at radius 1 is 1.03 bits per heavy atom. The van der Waals surface area contributed by atoms with Gasteiger partial charge in [0.05, 0.1) is 18.1 Å². The van der Waals surface area contributed by atoms with Crippen LogP contribution in [0.15, 0.2) is 10.6 Å². The Morgan fingerprint density at radius 3 is 2.24 bits per heavy atom. The van der Waals surface area contributed by atoms with Crippen molar-refractivity contribution in [2.45, 2.75) is 82.7 Å². The molecule has 3 heterocycles. The van der Waals surface area contributed by atoms with Gasteiger partial charge in [0.1, 0.15) is 11.8 Å². The first-order valence-electron chi connectivity index (χ1n) is 13.0. The van der Waals surface area contributed by atoms with Gasteiger partial charge < -0.3 is 34.0 Å². The number of hydrogen-bond acceptors (Lipinski definition) is 9. The van der Waals surface area contributed by atoms with Crippen LogP contribution in [0.3, 0.4) is 0 Å². The van der Waals surface area contributed by atoms with Crippen LogP contribution in [-0.4, -0.2) is 101 Å². The summed E-state index contributed by atoms with van der Waals surface area (Å²) in [5, 5.41) is 10.2. The number of urea groups is 1. The lowest BCUT2D eigenvalue weighted by atomic mass is 9.79. The van der Waals surface area contributed by atoms with E-state index in [9.17, 15) is 24.3 Å². The Labute approximate surface area is 221 Å². The third-order valence-corrected chi connectivity index (χ3v) is 9.00. The quantitative estimate of drug-likeness (QED) is 0.295. The van der Waals surface area contributed by atoms with Crippen molar-refractivity contribution < 1.29 is 38.5 Å². The minimum absolute atomic E-state index is 0.0362. The van der Waals surface area contributed by atoms with Crippen LogP contribution >= 0.6 is 11.8 Å². The van der Waals surface area contributed by atoms with Crippen LogP contribution in [0.1, 0.15) is 52.9 Å². The molecule has 3 aliphatic heterocycles. The van der Waals surface area contributed by atoms with Crippen molar-refractivity contribution in [1.82, 2.24) is 14.7 Å². The number of aliphatic hydroxyl groups excluding tert-OH is 1. The molecule has 4 aliphatic rings. The Hall–Kier alpha value is -2.47. The second-order valence-corrected chi connectivity index (χ2v) is 11.8. The van der Waals surface area contributed by atoms with Gasteiger partial charge in [-0.2, -0.15) is 0 Å². The lowest BCUT2D eigenvalue weighted by Gasteiger charge is -2.46. The first-order chi connectivity index (χ1) is 17.5. The normalized spacial score (nSPS) is 28.6. The molecule has 1 saturated carbocycles. The maximum absolute atomic E-state index is 13.4. The lowest BCUT2D eigenvalue weighted by molar-refractivity contribution is -0.174. The number of rotatable bonds is 7. The number of thioether (sulfide) groups is 1. The maximum atomic E-state index is 13.4. The van der Waals surface area contributed by atoms with Crippen LogP contribution in [0, 0.1) is 11.8 Å². The zero-order valence-electron chi connectivity index (χ0n) is 22.0. The second-order valence-electron chi connectivity index (χ2n) is 10.5. The fourth-order valence-electron chi connectivity index (χ4n) is 5.75. The van der Waals surface area contributed by atoms with Crippen LogP contribution in [0.4, 0.5) is 9.59 Å². The van der Waals surface area contributed by atoms with Crippen molar-refractivity contribution in [3.8, 4) is 0 Å². The molecule has 0 bridgehead atoms.